The van der Waals surface area contributed by atoms with E-state index in [1.165, 1.54) is 0 Å². The smallest absolute Gasteiger partial charge is 0.244 e. The van der Waals surface area contributed by atoms with Gasteiger partial charge in [0, 0.05) is 12.7 Å². The Morgan fingerprint density at radius 2 is 2.35 bits per heavy atom. The van der Waals surface area contributed by atoms with Crippen LogP contribution in [0.15, 0.2) is 16.9 Å². The third kappa shape index (κ3) is 4.87. The van der Waals surface area contributed by atoms with Crippen molar-refractivity contribution in [1.82, 2.24) is 20.0 Å². The summed E-state index contributed by atoms with van der Waals surface area (Å²) in [5, 5.41) is 7.00. The Kier molecular flexibility index (Phi) is 5.64. The Balaban J connectivity index is 2.32. The quantitative estimate of drug-likeness (QED) is 0.805. The molecule has 0 aromatic carbocycles. The van der Waals surface area contributed by atoms with E-state index < -0.39 is 0 Å². The molecule has 0 saturated carbocycles. The molecule has 1 aromatic rings. The summed E-state index contributed by atoms with van der Waals surface area (Å²) in [6.07, 6.45) is 4.42. The Morgan fingerprint density at radius 3 is 2.88 bits per heavy atom. The highest BCUT2D eigenvalue weighted by atomic mass is 79.9. The van der Waals surface area contributed by atoms with Crippen LogP contribution >= 0.6 is 15.9 Å². The summed E-state index contributed by atoms with van der Waals surface area (Å²) < 4.78 is 2.52. The van der Waals surface area contributed by atoms with Crippen molar-refractivity contribution in [2.24, 2.45) is 0 Å². The lowest BCUT2D eigenvalue weighted by atomic mass is 10.3. The van der Waals surface area contributed by atoms with E-state index in [0.717, 1.165) is 17.4 Å². The molecule has 1 amide bonds. The number of halogens is 1. The molecule has 6 heteroatoms. The Bertz CT molecular complexity index is 364. The van der Waals surface area contributed by atoms with E-state index >= 15 is 0 Å². The van der Waals surface area contributed by atoms with Crippen LogP contribution in [0.25, 0.3) is 0 Å². The predicted octanol–water partition coefficient (Wildman–Crippen LogP) is 1.27. The molecule has 0 aliphatic heterocycles. The summed E-state index contributed by atoms with van der Waals surface area (Å²) in [4.78, 5) is 13.9. The minimum atomic E-state index is -0.277. The summed E-state index contributed by atoms with van der Waals surface area (Å²) in [5.41, 5.74) is 0. The predicted molar refractivity (Wildman–Crippen MR) is 70.8 cm³/mol. The van der Waals surface area contributed by atoms with E-state index in [-0.39, 0.29) is 11.9 Å². The Morgan fingerprint density at radius 1 is 1.65 bits per heavy atom. The van der Waals surface area contributed by atoms with Crippen LogP contribution in [-0.2, 0) is 4.79 Å². The van der Waals surface area contributed by atoms with Gasteiger partial charge in [-0.3, -0.25) is 9.48 Å². The van der Waals surface area contributed by atoms with Gasteiger partial charge in [0.2, 0.25) is 5.91 Å². The lowest BCUT2D eigenvalue weighted by Crippen LogP contribution is -2.33. The zero-order chi connectivity index (χ0) is 12.8. The standard InChI is InChI=1S/C11H19BrN4O/c1-9(16-8-10(12)7-14-16)11(17)13-5-4-6-15(2)3/h7-9H,4-6H2,1-3H3,(H,13,17). The number of nitrogens with zero attached hydrogens (tertiary/aromatic N) is 3. The molecule has 1 rings (SSSR count). The first-order chi connectivity index (χ1) is 8.00. The molecule has 0 aliphatic rings. The van der Waals surface area contributed by atoms with Gasteiger partial charge in [0.15, 0.2) is 0 Å². The maximum Gasteiger partial charge on any atom is 0.244 e. The van der Waals surface area contributed by atoms with Gasteiger partial charge < -0.3 is 10.2 Å². The number of hydrogen-bond donors (Lipinski definition) is 1. The van der Waals surface area contributed by atoms with E-state index in [0.29, 0.717) is 6.54 Å². The SMILES string of the molecule is CC(C(=O)NCCCN(C)C)n1cc(Br)cn1. The fourth-order valence-corrected chi connectivity index (χ4v) is 1.70. The van der Waals surface area contributed by atoms with Crippen molar-refractivity contribution in [3.05, 3.63) is 16.9 Å². The van der Waals surface area contributed by atoms with Crippen molar-refractivity contribution >= 4 is 21.8 Å². The van der Waals surface area contributed by atoms with Crippen LogP contribution in [0.5, 0.6) is 0 Å². The van der Waals surface area contributed by atoms with Gasteiger partial charge in [-0.25, -0.2) is 0 Å². The molecule has 17 heavy (non-hydrogen) atoms. The maximum absolute atomic E-state index is 11.8. The molecule has 1 N–H and O–H groups in total. The third-order valence-electron chi connectivity index (χ3n) is 2.43. The fourth-order valence-electron chi connectivity index (χ4n) is 1.40. The van der Waals surface area contributed by atoms with Gasteiger partial charge in [-0.1, -0.05) is 0 Å². The van der Waals surface area contributed by atoms with Crippen LogP contribution in [0, 0.1) is 0 Å². The lowest BCUT2D eigenvalue weighted by molar-refractivity contribution is -0.124. The number of carbonyl (C=O) groups excluding carboxylic acids is 1. The van der Waals surface area contributed by atoms with Crippen molar-refractivity contribution in [2.45, 2.75) is 19.4 Å². The largest absolute Gasteiger partial charge is 0.354 e. The topological polar surface area (TPSA) is 50.2 Å². The van der Waals surface area contributed by atoms with Crippen molar-refractivity contribution in [3.8, 4) is 0 Å². The zero-order valence-electron chi connectivity index (χ0n) is 10.5. The third-order valence-corrected chi connectivity index (χ3v) is 2.84. The van der Waals surface area contributed by atoms with Crippen molar-refractivity contribution in [2.75, 3.05) is 27.2 Å². The second-order valence-corrected chi connectivity index (χ2v) is 5.18. The van der Waals surface area contributed by atoms with Crippen LogP contribution in [0.2, 0.25) is 0 Å². The van der Waals surface area contributed by atoms with Gasteiger partial charge >= 0.3 is 0 Å². The van der Waals surface area contributed by atoms with Gasteiger partial charge in [0.25, 0.3) is 0 Å². The minimum Gasteiger partial charge on any atom is -0.354 e. The zero-order valence-corrected chi connectivity index (χ0v) is 12.1. The molecule has 0 saturated heterocycles. The lowest BCUT2D eigenvalue weighted by Gasteiger charge is -2.13. The van der Waals surface area contributed by atoms with Gasteiger partial charge in [-0.2, -0.15) is 5.10 Å². The van der Waals surface area contributed by atoms with Crippen LogP contribution < -0.4 is 5.32 Å². The number of hydrogen-bond acceptors (Lipinski definition) is 3. The first-order valence-electron chi connectivity index (χ1n) is 5.63. The van der Waals surface area contributed by atoms with E-state index in [1.54, 1.807) is 17.1 Å². The fraction of sp³-hybridized carbons (Fsp3) is 0.636. The van der Waals surface area contributed by atoms with Gasteiger partial charge in [-0.15, -0.1) is 0 Å². The normalized spacial score (nSPS) is 12.8. The summed E-state index contributed by atoms with van der Waals surface area (Å²) >= 11 is 3.31. The highest BCUT2D eigenvalue weighted by Crippen LogP contribution is 2.11. The number of aromatic nitrogens is 2. The summed E-state index contributed by atoms with van der Waals surface area (Å²) in [5.74, 6) is -0.000596. The molecule has 96 valence electrons. The Labute approximate surface area is 110 Å². The molecule has 5 nitrogen and oxygen atoms in total. The molecule has 0 spiro atoms. The molecule has 0 fully saturated rings. The van der Waals surface area contributed by atoms with Crippen molar-refractivity contribution in [3.63, 3.8) is 0 Å². The first kappa shape index (κ1) is 14.2. The number of amides is 1. The van der Waals surface area contributed by atoms with E-state index in [1.807, 2.05) is 21.0 Å². The molecule has 0 radical (unpaired) electrons. The van der Waals surface area contributed by atoms with E-state index in [4.69, 9.17) is 0 Å². The molecular formula is C11H19BrN4O. The number of nitrogens with one attached hydrogen (secondary N) is 1. The summed E-state index contributed by atoms with van der Waals surface area (Å²) in [6, 6.07) is -0.277. The van der Waals surface area contributed by atoms with Gasteiger partial charge in [0.05, 0.1) is 10.7 Å². The number of carbonyl (C=O) groups is 1. The van der Waals surface area contributed by atoms with E-state index in [9.17, 15) is 4.79 Å². The maximum atomic E-state index is 11.8. The summed E-state index contributed by atoms with van der Waals surface area (Å²) in [6.45, 7) is 3.51. The van der Waals surface area contributed by atoms with E-state index in [2.05, 4.69) is 31.2 Å². The van der Waals surface area contributed by atoms with Gasteiger partial charge in [-0.05, 0) is 49.9 Å². The van der Waals surface area contributed by atoms with Crippen LogP contribution in [0.4, 0.5) is 0 Å². The summed E-state index contributed by atoms with van der Waals surface area (Å²) in [7, 11) is 4.04. The second-order valence-electron chi connectivity index (χ2n) is 4.26. The van der Waals surface area contributed by atoms with Gasteiger partial charge in [0.1, 0.15) is 6.04 Å². The first-order valence-corrected chi connectivity index (χ1v) is 6.42. The highest BCUT2D eigenvalue weighted by molar-refractivity contribution is 9.10. The molecule has 0 bridgehead atoms. The van der Waals surface area contributed by atoms with Crippen molar-refractivity contribution < 1.29 is 4.79 Å². The second kappa shape index (κ2) is 6.76. The molecule has 1 unspecified atom stereocenters. The molecule has 0 aliphatic carbocycles. The molecule has 1 heterocycles. The van der Waals surface area contributed by atoms with Crippen LogP contribution in [0.1, 0.15) is 19.4 Å². The molecular weight excluding hydrogens is 284 g/mol. The highest BCUT2D eigenvalue weighted by Gasteiger charge is 2.14. The molecule has 1 atom stereocenters. The monoisotopic (exact) mass is 302 g/mol. The van der Waals surface area contributed by atoms with Crippen LogP contribution in [-0.4, -0.2) is 47.8 Å². The Hall–Kier alpha value is -0.880. The minimum absolute atomic E-state index is 0.000596. The number of rotatable bonds is 6. The average molecular weight is 303 g/mol. The molecule has 1 aromatic heterocycles. The van der Waals surface area contributed by atoms with Crippen molar-refractivity contribution in [1.29, 1.82) is 0 Å². The van der Waals surface area contributed by atoms with Crippen LogP contribution in [0.3, 0.4) is 0 Å². The average Bonchev–Trinajstić information content (AvgIpc) is 2.69.